The van der Waals surface area contributed by atoms with Crippen molar-refractivity contribution in [3.63, 3.8) is 0 Å². The summed E-state index contributed by atoms with van der Waals surface area (Å²) in [4.78, 5) is 24.9. The smallest absolute Gasteiger partial charge is 0.251 e. The minimum atomic E-state index is -0.192. The van der Waals surface area contributed by atoms with Crippen LogP contribution in [-0.2, 0) is 24.9 Å². The van der Waals surface area contributed by atoms with Crippen LogP contribution in [0.3, 0.4) is 0 Å². The third-order valence-corrected chi connectivity index (χ3v) is 6.49. The van der Waals surface area contributed by atoms with Crippen molar-refractivity contribution in [1.29, 1.82) is 0 Å². The van der Waals surface area contributed by atoms with E-state index in [0.29, 0.717) is 29.5 Å². The molecule has 10 nitrogen and oxygen atoms in total. The summed E-state index contributed by atoms with van der Waals surface area (Å²) in [5.41, 5.74) is 5.22. The van der Waals surface area contributed by atoms with Gasteiger partial charge in [0.05, 0.1) is 18.0 Å². The molecule has 0 fully saturated rings. The average molecular weight is 491 g/mol. The molecule has 35 heavy (non-hydrogen) atoms. The molecule has 2 aromatic carbocycles. The van der Waals surface area contributed by atoms with Gasteiger partial charge in [-0.25, -0.2) is 4.68 Å². The first-order valence-corrected chi connectivity index (χ1v) is 12.0. The number of aryl methyl sites for hydroxylation is 2. The fraction of sp³-hybridized carbons (Fsp3) is 0.250. The number of benzene rings is 2. The van der Waals surface area contributed by atoms with Gasteiger partial charge in [0.1, 0.15) is 0 Å². The summed E-state index contributed by atoms with van der Waals surface area (Å²) in [5.74, 6) is -0.205. The van der Waals surface area contributed by atoms with Crippen LogP contribution in [0.4, 0.5) is 5.69 Å². The van der Waals surface area contributed by atoms with Gasteiger partial charge >= 0.3 is 0 Å². The fourth-order valence-corrected chi connectivity index (χ4v) is 4.20. The van der Waals surface area contributed by atoms with Crippen LogP contribution >= 0.6 is 11.8 Å². The molecule has 4 rings (SSSR count). The van der Waals surface area contributed by atoms with Crippen LogP contribution in [-0.4, -0.2) is 47.6 Å². The SMILES string of the molecule is Cc1nn(Cc2ccccc2)c(C)c1CNC(=O)c1ccc(NC(=O)CSc2nnnn2C)cc1. The minimum Gasteiger partial charge on any atom is -0.348 e. The molecule has 0 saturated carbocycles. The number of aromatic nitrogens is 6. The predicted molar refractivity (Wildman–Crippen MR) is 133 cm³/mol. The fourth-order valence-electron chi connectivity index (χ4n) is 3.55. The van der Waals surface area contributed by atoms with Gasteiger partial charge in [0, 0.05) is 36.1 Å². The van der Waals surface area contributed by atoms with E-state index in [1.54, 1.807) is 31.3 Å². The molecule has 0 aliphatic carbocycles. The number of hydrogen-bond donors (Lipinski definition) is 2. The van der Waals surface area contributed by atoms with Crippen molar-refractivity contribution in [3.05, 3.63) is 82.7 Å². The van der Waals surface area contributed by atoms with E-state index in [1.165, 1.54) is 22.0 Å². The Morgan fingerprint density at radius 1 is 1.03 bits per heavy atom. The summed E-state index contributed by atoms with van der Waals surface area (Å²) in [6.45, 7) is 5.04. The third kappa shape index (κ3) is 6.12. The van der Waals surface area contributed by atoms with Crippen LogP contribution in [0.2, 0.25) is 0 Å². The van der Waals surface area contributed by atoms with Gasteiger partial charge in [0.25, 0.3) is 5.91 Å². The highest BCUT2D eigenvalue weighted by molar-refractivity contribution is 7.99. The molecule has 4 aromatic rings. The van der Waals surface area contributed by atoms with E-state index in [0.717, 1.165) is 17.0 Å². The second kappa shape index (κ2) is 11.0. The van der Waals surface area contributed by atoms with Gasteiger partial charge < -0.3 is 10.6 Å². The number of tetrazole rings is 1. The van der Waals surface area contributed by atoms with Gasteiger partial charge in [0.15, 0.2) is 0 Å². The Kier molecular flexibility index (Phi) is 7.56. The zero-order chi connectivity index (χ0) is 24.8. The molecule has 2 amide bonds. The lowest BCUT2D eigenvalue weighted by atomic mass is 10.1. The Hall–Kier alpha value is -3.99. The van der Waals surface area contributed by atoms with Crippen LogP contribution in [0.15, 0.2) is 59.8 Å². The first kappa shape index (κ1) is 24.1. The van der Waals surface area contributed by atoms with E-state index < -0.39 is 0 Å². The number of thioether (sulfide) groups is 1. The molecule has 0 spiro atoms. The number of anilines is 1. The summed E-state index contributed by atoms with van der Waals surface area (Å²) < 4.78 is 3.46. The summed E-state index contributed by atoms with van der Waals surface area (Å²) >= 11 is 1.24. The van der Waals surface area contributed by atoms with E-state index in [9.17, 15) is 9.59 Å². The van der Waals surface area contributed by atoms with Crippen molar-refractivity contribution < 1.29 is 9.59 Å². The molecule has 0 radical (unpaired) electrons. The van der Waals surface area contributed by atoms with E-state index in [1.807, 2.05) is 36.7 Å². The summed E-state index contributed by atoms with van der Waals surface area (Å²) in [6.07, 6.45) is 0. The topological polar surface area (TPSA) is 120 Å². The Bertz CT molecular complexity index is 1320. The largest absolute Gasteiger partial charge is 0.348 e. The summed E-state index contributed by atoms with van der Waals surface area (Å²) in [7, 11) is 1.71. The predicted octanol–water partition coefficient (Wildman–Crippen LogP) is 2.73. The summed E-state index contributed by atoms with van der Waals surface area (Å²) in [6, 6.07) is 16.9. The Balaban J connectivity index is 1.30. The highest BCUT2D eigenvalue weighted by Crippen LogP contribution is 2.16. The van der Waals surface area contributed by atoms with E-state index in [2.05, 4.69) is 43.4 Å². The molecule has 0 unspecified atom stereocenters. The van der Waals surface area contributed by atoms with Crippen LogP contribution in [0, 0.1) is 13.8 Å². The van der Waals surface area contributed by atoms with Crippen LogP contribution in [0.5, 0.6) is 0 Å². The Morgan fingerprint density at radius 3 is 2.46 bits per heavy atom. The second-order valence-electron chi connectivity index (χ2n) is 7.97. The molecular weight excluding hydrogens is 464 g/mol. The van der Waals surface area contributed by atoms with E-state index in [4.69, 9.17) is 0 Å². The van der Waals surface area contributed by atoms with Gasteiger partial charge in [-0.15, -0.1) is 5.10 Å². The molecule has 2 heterocycles. The lowest BCUT2D eigenvalue weighted by Crippen LogP contribution is -2.23. The number of amides is 2. The maximum Gasteiger partial charge on any atom is 0.251 e. The van der Waals surface area contributed by atoms with Crippen LogP contribution < -0.4 is 10.6 Å². The van der Waals surface area contributed by atoms with Gasteiger partial charge in [-0.3, -0.25) is 14.3 Å². The highest BCUT2D eigenvalue weighted by Gasteiger charge is 2.14. The Labute approximate surface area is 207 Å². The molecule has 0 bridgehead atoms. The number of rotatable bonds is 9. The van der Waals surface area contributed by atoms with E-state index in [-0.39, 0.29) is 17.6 Å². The normalized spacial score (nSPS) is 10.8. The van der Waals surface area contributed by atoms with Crippen molar-refractivity contribution in [3.8, 4) is 0 Å². The molecule has 0 aliphatic heterocycles. The Morgan fingerprint density at radius 2 is 1.77 bits per heavy atom. The van der Waals surface area contributed by atoms with Gasteiger partial charge in [-0.2, -0.15) is 5.10 Å². The highest BCUT2D eigenvalue weighted by atomic mass is 32.2. The number of hydrogen-bond acceptors (Lipinski definition) is 7. The minimum absolute atomic E-state index is 0.174. The van der Waals surface area contributed by atoms with Crippen molar-refractivity contribution in [2.45, 2.75) is 32.1 Å². The third-order valence-electron chi connectivity index (χ3n) is 5.48. The number of carbonyl (C=O) groups is 2. The standard InChI is InChI=1S/C24H26N8O2S/c1-16-21(17(2)32(28-16)14-18-7-5-4-6-8-18)13-25-23(34)19-9-11-20(12-10-19)26-22(33)15-35-24-27-29-30-31(24)3/h4-12H,13-15H2,1-3H3,(H,25,34)(H,26,33). The first-order valence-electron chi connectivity index (χ1n) is 11.0. The zero-order valence-electron chi connectivity index (χ0n) is 19.7. The molecule has 2 N–H and O–H groups in total. The van der Waals surface area contributed by atoms with E-state index >= 15 is 0 Å². The molecule has 11 heteroatoms. The van der Waals surface area contributed by atoms with Crippen LogP contribution in [0.1, 0.15) is 32.9 Å². The van der Waals surface area contributed by atoms with Gasteiger partial charge in [-0.05, 0) is 54.1 Å². The molecule has 2 aromatic heterocycles. The maximum atomic E-state index is 12.7. The lowest BCUT2D eigenvalue weighted by molar-refractivity contribution is -0.113. The monoisotopic (exact) mass is 490 g/mol. The van der Waals surface area contributed by atoms with Crippen molar-refractivity contribution in [2.75, 3.05) is 11.1 Å². The maximum absolute atomic E-state index is 12.7. The molecule has 0 atom stereocenters. The average Bonchev–Trinajstić information content (AvgIpc) is 3.38. The van der Waals surface area contributed by atoms with Gasteiger partial charge in [0.2, 0.25) is 11.1 Å². The molecule has 180 valence electrons. The van der Waals surface area contributed by atoms with Crippen molar-refractivity contribution >= 4 is 29.3 Å². The van der Waals surface area contributed by atoms with Crippen molar-refractivity contribution in [2.24, 2.45) is 7.05 Å². The summed E-state index contributed by atoms with van der Waals surface area (Å²) in [5, 5.41) is 22.1. The van der Waals surface area contributed by atoms with Crippen molar-refractivity contribution in [1.82, 2.24) is 35.3 Å². The number of nitrogens with one attached hydrogen (secondary N) is 2. The van der Waals surface area contributed by atoms with Gasteiger partial charge in [-0.1, -0.05) is 42.1 Å². The first-order chi connectivity index (χ1) is 16.9. The molecule has 0 saturated heterocycles. The number of nitrogens with zero attached hydrogens (tertiary/aromatic N) is 6. The quantitative estimate of drug-likeness (QED) is 0.346. The number of carbonyl (C=O) groups excluding carboxylic acids is 2. The molecule has 0 aliphatic rings. The second-order valence-corrected chi connectivity index (χ2v) is 8.92. The van der Waals surface area contributed by atoms with Crippen LogP contribution in [0.25, 0.3) is 0 Å². The lowest BCUT2D eigenvalue weighted by Gasteiger charge is -2.09. The molecular formula is C24H26N8O2S. The zero-order valence-corrected chi connectivity index (χ0v) is 20.5.